The first-order valence-electron chi connectivity index (χ1n) is 9.18. The van der Waals surface area contributed by atoms with Gasteiger partial charge in [0.2, 0.25) is 0 Å². The largest absolute Gasteiger partial charge is 0.506 e. The Balaban J connectivity index is 0.000000160. The lowest BCUT2D eigenvalue weighted by atomic mass is 10.1. The van der Waals surface area contributed by atoms with Crippen molar-refractivity contribution in [3.05, 3.63) is 90.0 Å². The molecular weight excluding hydrogens is 360 g/mol. The number of aryl methyl sites for hydroxylation is 2. The Bertz CT molecular complexity index is 1070. The number of para-hydroxylation sites is 1. The predicted octanol–water partition coefficient (Wildman–Crippen LogP) is 4.86. The van der Waals surface area contributed by atoms with E-state index in [1.807, 2.05) is 80.6 Å². The minimum atomic E-state index is 0.147. The van der Waals surface area contributed by atoms with Gasteiger partial charge in [0.05, 0.1) is 5.69 Å². The highest BCUT2D eigenvalue weighted by Gasteiger charge is 2.00. The molecule has 4 aromatic rings. The maximum Gasteiger partial charge on any atom is 0.139 e. The molecule has 0 bridgehead atoms. The Morgan fingerprint density at radius 1 is 0.621 bits per heavy atom. The first-order valence-corrected chi connectivity index (χ1v) is 9.18. The summed E-state index contributed by atoms with van der Waals surface area (Å²) in [5.74, 6) is 0.147. The number of phenols is 1. The van der Waals surface area contributed by atoms with E-state index in [1.165, 1.54) is 0 Å². The van der Waals surface area contributed by atoms with Crippen LogP contribution < -0.4 is 22.9 Å². The summed E-state index contributed by atoms with van der Waals surface area (Å²) >= 11 is 0. The van der Waals surface area contributed by atoms with E-state index >= 15 is 0 Å². The maximum atomic E-state index is 9.29. The van der Waals surface area contributed by atoms with Crippen LogP contribution in [0.5, 0.6) is 5.75 Å². The minimum absolute atomic E-state index is 0.147. The van der Waals surface area contributed by atoms with E-state index in [-0.39, 0.29) is 5.75 Å². The van der Waals surface area contributed by atoms with Gasteiger partial charge in [0.15, 0.2) is 0 Å². The Kier molecular flexibility index (Phi) is 7.32. The number of anilines is 4. The second kappa shape index (κ2) is 9.90. The zero-order valence-corrected chi connectivity index (χ0v) is 16.8. The first kappa shape index (κ1) is 21.4. The molecule has 150 valence electrons. The van der Waals surface area contributed by atoms with Crippen molar-refractivity contribution >= 4 is 33.5 Å². The first-order chi connectivity index (χ1) is 13.8. The van der Waals surface area contributed by atoms with Crippen LogP contribution in [0.4, 0.5) is 22.7 Å². The number of nitrogen functional groups attached to an aromatic ring is 4. The molecule has 0 saturated heterocycles. The summed E-state index contributed by atoms with van der Waals surface area (Å²) in [5, 5.41) is 11.2. The number of aromatic hydroxyl groups is 1. The summed E-state index contributed by atoms with van der Waals surface area (Å²) in [6, 6.07) is 24.4. The van der Waals surface area contributed by atoms with Crippen LogP contribution >= 0.6 is 0 Å². The molecule has 5 nitrogen and oxygen atoms in total. The molecule has 0 unspecified atom stereocenters. The van der Waals surface area contributed by atoms with E-state index in [0.717, 1.165) is 39.0 Å². The van der Waals surface area contributed by atoms with Crippen molar-refractivity contribution in [2.24, 2.45) is 0 Å². The molecule has 0 aliphatic rings. The third kappa shape index (κ3) is 6.07. The molecule has 0 heterocycles. The van der Waals surface area contributed by atoms with Crippen LogP contribution in [0.3, 0.4) is 0 Å². The summed E-state index contributed by atoms with van der Waals surface area (Å²) < 4.78 is 0. The molecule has 0 aliphatic carbocycles. The Hall–Kier alpha value is -3.86. The van der Waals surface area contributed by atoms with Crippen molar-refractivity contribution in [1.29, 1.82) is 0 Å². The average Bonchev–Trinajstić information content (AvgIpc) is 2.71. The summed E-state index contributed by atoms with van der Waals surface area (Å²) in [5.41, 5.74) is 27.3. The van der Waals surface area contributed by atoms with Crippen molar-refractivity contribution in [3.63, 3.8) is 0 Å². The highest BCUT2D eigenvalue weighted by atomic mass is 16.3. The average molecular weight is 389 g/mol. The van der Waals surface area contributed by atoms with Crippen molar-refractivity contribution in [2.75, 3.05) is 22.9 Å². The lowest BCUT2D eigenvalue weighted by Crippen LogP contribution is -1.91. The summed E-state index contributed by atoms with van der Waals surface area (Å²) in [4.78, 5) is 0. The molecule has 4 rings (SSSR count). The van der Waals surface area contributed by atoms with Crippen LogP contribution in [-0.4, -0.2) is 5.11 Å². The third-order valence-corrected chi connectivity index (χ3v) is 4.43. The number of fused-ring (bicyclic) bond motifs is 1. The van der Waals surface area contributed by atoms with Crippen LogP contribution in [0.15, 0.2) is 78.9 Å². The molecule has 0 aromatic heterocycles. The number of hydrogen-bond donors (Lipinski definition) is 5. The monoisotopic (exact) mass is 388 g/mol. The van der Waals surface area contributed by atoms with Gasteiger partial charge in [-0.3, -0.25) is 0 Å². The fraction of sp³-hybridized carbons (Fsp3) is 0.0833. The SMILES string of the molecule is Cc1cc(N)ccc1N.Cc1ccccc1N.Nc1c(O)ccc2ccccc12. The number of rotatable bonds is 0. The highest BCUT2D eigenvalue weighted by molar-refractivity contribution is 5.95. The molecule has 0 atom stereocenters. The quantitative estimate of drug-likeness (QED) is 0.217. The molecule has 0 aliphatic heterocycles. The molecular formula is C24H28N4O. The van der Waals surface area contributed by atoms with Gasteiger partial charge >= 0.3 is 0 Å². The van der Waals surface area contributed by atoms with Crippen LogP contribution in [0.25, 0.3) is 10.8 Å². The van der Waals surface area contributed by atoms with Crippen molar-refractivity contribution in [1.82, 2.24) is 0 Å². The van der Waals surface area contributed by atoms with Crippen LogP contribution in [-0.2, 0) is 0 Å². The van der Waals surface area contributed by atoms with Gasteiger partial charge in [-0.25, -0.2) is 0 Å². The number of hydrogen-bond acceptors (Lipinski definition) is 5. The van der Waals surface area contributed by atoms with E-state index in [1.54, 1.807) is 12.1 Å². The second-order valence-electron chi connectivity index (χ2n) is 6.69. The van der Waals surface area contributed by atoms with E-state index < -0.39 is 0 Å². The van der Waals surface area contributed by atoms with Gasteiger partial charge in [0.25, 0.3) is 0 Å². The molecule has 0 radical (unpaired) electrons. The van der Waals surface area contributed by atoms with E-state index in [9.17, 15) is 5.11 Å². The van der Waals surface area contributed by atoms with Gasteiger partial charge < -0.3 is 28.0 Å². The van der Waals surface area contributed by atoms with Gasteiger partial charge in [-0.05, 0) is 60.7 Å². The van der Waals surface area contributed by atoms with E-state index in [4.69, 9.17) is 22.9 Å². The lowest BCUT2D eigenvalue weighted by molar-refractivity contribution is 0.478. The van der Waals surface area contributed by atoms with Gasteiger partial charge in [0.1, 0.15) is 5.75 Å². The van der Waals surface area contributed by atoms with Crippen molar-refractivity contribution < 1.29 is 5.11 Å². The van der Waals surface area contributed by atoms with Crippen LogP contribution in [0, 0.1) is 13.8 Å². The van der Waals surface area contributed by atoms with Gasteiger partial charge in [-0.15, -0.1) is 0 Å². The lowest BCUT2D eigenvalue weighted by Gasteiger charge is -2.02. The second-order valence-corrected chi connectivity index (χ2v) is 6.69. The van der Waals surface area contributed by atoms with E-state index in [0.29, 0.717) is 5.69 Å². The molecule has 0 spiro atoms. The number of nitrogens with two attached hydrogens (primary N) is 4. The molecule has 4 aromatic carbocycles. The van der Waals surface area contributed by atoms with Gasteiger partial charge in [-0.2, -0.15) is 0 Å². The molecule has 0 amide bonds. The van der Waals surface area contributed by atoms with Crippen LogP contribution in [0.1, 0.15) is 11.1 Å². The topological polar surface area (TPSA) is 124 Å². The summed E-state index contributed by atoms with van der Waals surface area (Å²) in [6.45, 7) is 3.93. The number of benzene rings is 4. The fourth-order valence-corrected chi connectivity index (χ4v) is 2.57. The molecule has 0 fully saturated rings. The van der Waals surface area contributed by atoms with Crippen molar-refractivity contribution in [2.45, 2.75) is 13.8 Å². The Morgan fingerprint density at radius 2 is 1.24 bits per heavy atom. The van der Waals surface area contributed by atoms with E-state index in [2.05, 4.69) is 0 Å². The Morgan fingerprint density at radius 3 is 1.83 bits per heavy atom. The Labute approximate surface area is 171 Å². The zero-order chi connectivity index (χ0) is 21.4. The maximum absolute atomic E-state index is 9.29. The molecule has 9 N–H and O–H groups in total. The fourth-order valence-electron chi connectivity index (χ4n) is 2.57. The number of phenolic OH excluding ortho intramolecular Hbond substituents is 1. The molecule has 29 heavy (non-hydrogen) atoms. The predicted molar refractivity (Wildman–Crippen MR) is 126 cm³/mol. The smallest absolute Gasteiger partial charge is 0.139 e. The summed E-state index contributed by atoms with van der Waals surface area (Å²) in [7, 11) is 0. The zero-order valence-electron chi connectivity index (χ0n) is 16.8. The molecule has 5 heteroatoms. The van der Waals surface area contributed by atoms with Crippen molar-refractivity contribution in [3.8, 4) is 5.75 Å². The normalized spacial score (nSPS) is 9.72. The van der Waals surface area contributed by atoms with Gasteiger partial charge in [-0.1, -0.05) is 48.5 Å². The van der Waals surface area contributed by atoms with Gasteiger partial charge in [0, 0.05) is 22.4 Å². The third-order valence-electron chi connectivity index (χ3n) is 4.43. The minimum Gasteiger partial charge on any atom is -0.506 e. The summed E-state index contributed by atoms with van der Waals surface area (Å²) in [6.07, 6.45) is 0. The standard InChI is InChI=1S/C10H9NO.C7H10N2.C7H9N/c11-10-8-4-2-1-3-7(8)5-6-9(10)12;1-5-4-6(8)2-3-7(5)9;1-6-4-2-3-5-7(6)8/h1-6,12H,11H2;2-4H,8-9H2,1H3;2-5H,8H2,1H3. The highest BCUT2D eigenvalue weighted by Crippen LogP contribution is 2.28. The van der Waals surface area contributed by atoms with Crippen LogP contribution in [0.2, 0.25) is 0 Å². The molecule has 0 saturated carbocycles.